The number of alkyl halides is 3. The number of nitrogens with zero attached hydrogens (tertiary/aromatic N) is 3. The number of amides is 1. The standard InChI is InChI=1S/C29H31F3N4O5S/c1-19(2)21-6-4-20(5-7-21)16-34-27(37)25-18-35(26-13-8-22(17-33-26)28(38)41-3)14-15-36(25)42(39,40)24-11-9-23(10-12-24)29(30,31)32/h4-13,17,19,25H,14-16,18H2,1-3H3,(H,34,37). The lowest BCUT2D eigenvalue weighted by atomic mass is 10.0. The minimum atomic E-state index is -4.62. The van der Waals surface area contributed by atoms with Crippen molar-refractivity contribution in [3.63, 3.8) is 0 Å². The summed E-state index contributed by atoms with van der Waals surface area (Å²) in [4.78, 5) is 30.9. The number of hydrogen-bond acceptors (Lipinski definition) is 7. The van der Waals surface area contributed by atoms with Gasteiger partial charge in [0.25, 0.3) is 0 Å². The lowest BCUT2D eigenvalue weighted by molar-refractivity contribution is -0.137. The molecule has 1 aromatic heterocycles. The molecule has 1 amide bonds. The molecule has 2 aromatic carbocycles. The highest BCUT2D eigenvalue weighted by molar-refractivity contribution is 7.89. The van der Waals surface area contributed by atoms with Crippen molar-refractivity contribution in [2.75, 3.05) is 31.6 Å². The van der Waals surface area contributed by atoms with E-state index in [0.29, 0.717) is 23.9 Å². The Morgan fingerprint density at radius 1 is 1.02 bits per heavy atom. The van der Waals surface area contributed by atoms with E-state index in [2.05, 4.69) is 28.9 Å². The third kappa shape index (κ3) is 6.90. The summed E-state index contributed by atoms with van der Waals surface area (Å²) in [6.07, 6.45) is -3.30. The van der Waals surface area contributed by atoms with Crippen molar-refractivity contribution in [2.45, 2.75) is 43.4 Å². The predicted molar refractivity (Wildman–Crippen MR) is 149 cm³/mol. The van der Waals surface area contributed by atoms with Crippen molar-refractivity contribution < 1.29 is 35.9 Å². The summed E-state index contributed by atoms with van der Waals surface area (Å²) in [6.45, 7) is 4.21. The first-order valence-electron chi connectivity index (χ1n) is 13.2. The van der Waals surface area contributed by atoms with Crippen LogP contribution in [0.4, 0.5) is 19.0 Å². The summed E-state index contributed by atoms with van der Waals surface area (Å²) >= 11 is 0. The molecule has 42 heavy (non-hydrogen) atoms. The van der Waals surface area contributed by atoms with Gasteiger partial charge < -0.3 is 15.0 Å². The van der Waals surface area contributed by atoms with Crippen LogP contribution in [0.5, 0.6) is 0 Å². The highest BCUT2D eigenvalue weighted by Gasteiger charge is 2.41. The van der Waals surface area contributed by atoms with Crippen LogP contribution in [0, 0.1) is 0 Å². The number of anilines is 1. The van der Waals surface area contributed by atoms with Gasteiger partial charge in [-0.3, -0.25) is 4.79 Å². The van der Waals surface area contributed by atoms with Gasteiger partial charge >= 0.3 is 12.1 Å². The Labute approximate surface area is 242 Å². The average Bonchev–Trinajstić information content (AvgIpc) is 2.99. The molecule has 2 heterocycles. The third-order valence-electron chi connectivity index (χ3n) is 7.03. The Morgan fingerprint density at radius 2 is 1.69 bits per heavy atom. The minimum absolute atomic E-state index is 0.0808. The molecular weight excluding hydrogens is 573 g/mol. The van der Waals surface area contributed by atoms with Crippen LogP contribution in [0.3, 0.4) is 0 Å². The Kier molecular flexibility index (Phi) is 9.21. The van der Waals surface area contributed by atoms with Gasteiger partial charge in [-0.1, -0.05) is 38.1 Å². The molecule has 1 aliphatic rings. The van der Waals surface area contributed by atoms with Crippen LogP contribution in [0.25, 0.3) is 0 Å². The van der Waals surface area contributed by atoms with Gasteiger partial charge in [0, 0.05) is 32.4 Å². The zero-order valence-corrected chi connectivity index (χ0v) is 24.1. The summed E-state index contributed by atoms with van der Waals surface area (Å²) in [5.41, 5.74) is 1.19. The van der Waals surface area contributed by atoms with Gasteiger partial charge in [-0.2, -0.15) is 17.5 Å². The zero-order valence-electron chi connectivity index (χ0n) is 23.3. The van der Waals surface area contributed by atoms with Gasteiger partial charge in [-0.05, 0) is 53.4 Å². The lowest BCUT2D eigenvalue weighted by Gasteiger charge is -2.40. The van der Waals surface area contributed by atoms with E-state index in [4.69, 9.17) is 0 Å². The molecule has 1 aliphatic heterocycles. The number of methoxy groups -OCH3 is 1. The number of carbonyl (C=O) groups excluding carboxylic acids is 2. The number of piperazine rings is 1. The molecule has 1 atom stereocenters. The Morgan fingerprint density at radius 3 is 2.24 bits per heavy atom. The average molecular weight is 605 g/mol. The van der Waals surface area contributed by atoms with Crippen LogP contribution < -0.4 is 10.2 Å². The van der Waals surface area contributed by atoms with Crippen LogP contribution in [-0.4, -0.2) is 62.4 Å². The second kappa shape index (κ2) is 12.5. The normalized spacial score (nSPS) is 16.4. The molecule has 0 saturated carbocycles. The molecule has 0 aliphatic carbocycles. The Bertz CT molecular complexity index is 1510. The van der Waals surface area contributed by atoms with Gasteiger partial charge in [0.05, 0.1) is 23.1 Å². The van der Waals surface area contributed by atoms with E-state index >= 15 is 0 Å². The third-order valence-corrected chi connectivity index (χ3v) is 8.95. The SMILES string of the molecule is COC(=O)c1ccc(N2CCN(S(=O)(=O)c3ccc(C(F)(F)F)cc3)C(C(=O)NCc3ccc(C(C)C)cc3)C2)nc1. The summed E-state index contributed by atoms with van der Waals surface area (Å²) in [5, 5.41) is 2.80. The molecule has 3 aromatic rings. The van der Waals surface area contributed by atoms with Gasteiger partial charge in [0.1, 0.15) is 11.9 Å². The maximum absolute atomic E-state index is 13.6. The van der Waals surface area contributed by atoms with Gasteiger partial charge in [-0.25, -0.2) is 18.2 Å². The van der Waals surface area contributed by atoms with Crippen molar-refractivity contribution >= 4 is 27.7 Å². The topological polar surface area (TPSA) is 109 Å². The molecule has 1 unspecified atom stereocenters. The van der Waals surface area contributed by atoms with Crippen molar-refractivity contribution in [3.05, 3.63) is 89.1 Å². The molecule has 1 saturated heterocycles. The summed E-state index contributed by atoms with van der Waals surface area (Å²) in [6, 6.07) is 12.7. The fraction of sp³-hybridized carbons (Fsp3) is 0.345. The Hall–Kier alpha value is -3.97. The maximum Gasteiger partial charge on any atom is 0.416 e. The van der Waals surface area contributed by atoms with Crippen LogP contribution in [0.2, 0.25) is 0 Å². The quantitative estimate of drug-likeness (QED) is 0.384. The smallest absolute Gasteiger partial charge is 0.416 e. The molecular formula is C29H31F3N4O5S. The zero-order chi connectivity index (χ0) is 30.7. The number of ether oxygens (including phenoxy) is 1. The number of esters is 1. The number of rotatable bonds is 8. The summed E-state index contributed by atoms with van der Waals surface area (Å²) < 4.78 is 72.1. The summed E-state index contributed by atoms with van der Waals surface area (Å²) in [5.74, 6) is -0.396. The number of aromatic nitrogens is 1. The molecule has 1 N–H and O–H groups in total. The molecule has 0 spiro atoms. The lowest BCUT2D eigenvalue weighted by Crippen LogP contribution is -2.60. The first-order chi connectivity index (χ1) is 19.8. The number of carbonyl (C=O) groups is 2. The fourth-order valence-corrected chi connectivity index (χ4v) is 6.14. The summed E-state index contributed by atoms with van der Waals surface area (Å²) in [7, 11) is -3.10. The van der Waals surface area contributed by atoms with Crippen molar-refractivity contribution in [3.8, 4) is 0 Å². The van der Waals surface area contributed by atoms with E-state index in [1.54, 1.807) is 11.0 Å². The second-order valence-electron chi connectivity index (χ2n) is 10.1. The first-order valence-corrected chi connectivity index (χ1v) is 14.6. The largest absolute Gasteiger partial charge is 0.465 e. The molecule has 9 nitrogen and oxygen atoms in total. The van der Waals surface area contributed by atoms with Gasteiger partial charge in [0.2, 0.25) is 15.9 Å². The number of benzene rings is 2. The van der Waals surface area contributed by atoms with Crippen LogP contribution in [0.15, 0.2) is 71.8 Å². The monoisotopic (exact) mass is 604 g/mol. The number of pyridine rings is 1. The van der Waals surface area contributed by atoms with Crippen LogP contribution in [-0.2, 0) is 32.3 Å². The molecule has 13 heteroatoms. The number of hydrogen-bond donors (Lipinski definition) is 1. The van der Waals surface area contributed by atoms with E-state index < -0.39 is 39.7 Å². The number of nitrogens with one attached hydrogen (secondary N) is 1. The Balaban J connectivity index is 1.59. The van der Waals surface area contributed by atoms with Crippen molar-refractivity contribution in [1.82, 2.24) is 14.6 Å². The molecule has 1 fully saturated rings. The number of halogens is 3. The number of sulfonamides is 1. The highest BCUT2D eigenvalue weighted by atomic mass is 32.2. The second-order valence-corrected chi connectivity index (χ2v) is 12.0. The van der Waals surface area contributed by atoms with E-state index in [1.165, 1.54) is 19.4 Å². The maximum atomic E-state index is 13.6. The minimum Gasteiger partial charge on any atom is -0.465 e. The highest BCUT2D eigenvalue weighted by Crippen LogP contribution is 2.31. The van der Waals surface area contributed by atoms with Gasteiger partial charge in [-0.15, -0.1) is 0 Å². The van der Waals surface area contributed by atoms with Crippen molar-refractivity contribution in [1.29, 1.82) is 0 Å². The fourth-order valence-electron chi connectivity index (χ4n) is 4.57. The van der Waals surface area contributed by atoms with Crippen molar-refractivity contribution in [2.24, 2.45) is 0 Å². The van der Waals surface area contributed by atoms with Crippen LogP contribution in [0.1, 0.15) is 46.8 Å². The molecule has 0 bridgehead atoms. The predicted octanol–water partition coefficient (Wildman–Crippen LogP) is 4.21. The van der Waals surface area contributed by atoms with E-state index in [-0.39, 0.29) is 36.6 Å². The molecule has 0 radical (unpaired) electrons. The molecule has 224 valence electrons. The van der Waals surface area contributed by atoms with Gasteiger partial charge in [0.15, 0.2) is 0 Å². The first kappa shape index (κ1) is 31.0. The molecule has 4 rings (SSSR count). The van der Waals surface area contributed by atoms with E-state index in [9.17, 15) is 31.2 Å². The van der Waals surface area contributed by atoms with E-state index in [0.717, 1.165) is 27.6 Å². The van der Waals surface area contributed by atoms with Crippen LogP contribution >= 0.6 is 0 Å². The van der Waals surface area contributed by atoms with E-state index in [1.807, 2.05) is 24.3 Å².